The number of benzene rings is 3. The maximum Gasteiger partial charge on any atom is 0.338 e. The van der Waals surface area contributed by atoms with Crippen molar-refractivity contribution in [3.8, 4) is 17.2 Å². The van der Waals surface area contributed by atoms with Gasteiger partial charge < -0.3 is 18.9 Å². The second kappa shape index (κ2) is 13.5. The predicted octanol–water partition coefficient (Wildman–Crippen LogP) is 5.07. The number of nitro groups is 1. The van der Waals surface area contributed by atoms with Gasteiger partial charge >= 0.3 is 5.97 Å². The van der Waals surface area contributed by atoms with Crippen LogP contribution in [0.4, 0.5) is 5.69 Å². The highest BCUT2D eigenvalue weighted by molar-refractivity contribution is 9.10. The minimum Gasteiger partial charge on any atom is -0.497 e. The van der Waals surface area contributed by atoms with Crippen LogP contribution in [-0.2, 0) is 16.1 Å². The van der Waals surface area contributed by atoms with Crippen LogP contribution in [0.1, 0.15) is 36.6 Å². The number of thiazole rings is 1. The first-order valence-electron chi connectivity index (χ1n) is 13.7. The average Bonchev–Trinajstić information content (AvgIpc) is 3.33. The second-order valence-corrected chi connectivity index (χ2v) is 11.7. The van der Waals surface area contributed by atoms with Gasteiger partial charge in [-0.1, -0.05) is 17.4 Å². The third-order valence-corrected chi connectivity index (χ3v) is 8.65. The molecule has 1 aromatic heterocycles. The van der Waals surface area contributed by atoms with Crippen molar-refractivity contribution in [2.45, 2.75) is 26.5 Å². The van der Waals surface area contributed by atoms with Crippen LogP contribution in [0.25, 0.3) is 6.08 Å². The molecule has 0 N–H and O–H groups in total. The number of esters is 1. The van der Waals surface area contributed by atoms with Crippen LogP contribution in [0, 0.1) is 10.1 Å². The van der Waals surface area contributed by atoms with Crippen molar-refractivity contribution in [3.63, 3.8) is 0 Å². The topological polar surface area (TPSA) is 131 Å². The zero-order valence-corrected chi connectivity index (χ0v) is 27.1. The summed E-state index contributed by atoms with van der Waals surface area (Å²) in [6, 6.07) is 15.9. The monoisotopic (exact) mass is 693 g/mol. The highest BCUT2D eigenvalue weighted by Gasteiger charge is 2.35. The van der Waals surface area contributed by atoms with Crippen molar-refractivity contribution >= 4 is 45.0 Å². The van der Waals surface area contributed by atoms with E-state index in [0.717, 1.165) is 11.1 Å². The smallest absolute Gasteiger partial charge is 0.338 e. The predicted molar refractivity (Wildman–Crippen MR) is 172 cm³/mol. The van der Waals surface area contributed by atoms with Crippen LogP contribution in [0.3, 0.4) is 0 Å². The van der Waals surface area contributed by atoms with Gasteiger partial charge in [0.25, 0.3) is 11.2 Å². The van der Waals surface area contributed by atoms with Gasteiger partial charge in [0.15, 0.2) is 4.80 Å². The maximum absolute atomic E-state index is 14.0. The van der Waals surface area contributed by atoms with Gasteiger partial charge in [-0.05, 0) is 83.4 Å². The molecule has 0 fully saturated rings. The standard InChI is InChI=1S/C32H28BrN3O8S/c1-5-43-31(38)28-18(2)34-32-35(29(28)23-12-11-22(41-3)16-26(23)42-4)30(37)27(45-32)15-20-8-13-25(24(33)14-20)44-17-19-6-9-21(10-7-19)36(39)40/h6-16,29H,5,17H2,1-4H3/b27-15-/t29-/m0/s1. The lowest BCUT2D eigenvalue weighted by Crippen LogP contribution is -2.40. The molecule has 0 bridgehead atoms. The summed E-state index contributed by atoms with van der Waals surface area (Å²) in [6.07, 6.45) is 1.75. The number of carbonyl (C=O) groups is 1. The SMILES string of the molecule is CCOC(=O)C1=C(C)N=c2s/c(=C\c3ccc(OCc4ccc([N+](=O)[O-])cc4)c(Br)c3)c(=O)n2[C@H]1c1ccc(OC)cc1OC. The largest absolute Gasteiger partial charge is 0.497 e. The first-order chi connectivity index (χ1) is 21.6. The molecule has 2 heterocycles. The number of methoxy groups -OCH3 is 2. The number of nitrogens with zero attached hydrogens (tertiary/aromatic N) is 3. The first kappa shape index (κ1) is 31.7. The van der Waals surface area contributed by atoms with E-state index in [-0.39, 0.29) is 30.0 Å². The lowest BCUT2D eigenvalue weighted by Gasteiger charge is -2.26. The molecule has 0 spiro atoms. The van der Waals surface area contributed by atoms with E-state index >= 15 is 0 Å². The van der Waals surface area contributed by atoms with Crippen molar-refractivity contribution in [2.75, 3.05) is 20.8 Å². The summed E-state index contributed by atoms with van der Waals surface area (Å²) >= 11 is 4.75. The van der Waals surface area contributed by atoms with Crippen LogP contribution in [0.5, 0.6) is 17.2 Å². The van der Waals surface area contributed by atoms with E-state index in [9.17, 15) is 19.7 Å². The van der Waals surface area contributed by atoms with Crippen molar-refractivity contribution in [1.29, 1.82) is 0 Å². The maximum atomic E-state index is 14.0. The summed E-state index contributed by atoms with van der Waals surface area (Å²) in [6.45, 7) is 3.81. The Labute approximate surface area is 269 Å². The van der Waals surface area contributed by atoms with Crippen LogP contribution < -0.4 is 29.1 Å². The van der Waals surface area contributed by atoms with E-state index in [1.165, 1.54) is 35.1 Å². The third kappa shape index (κ3) is 6.54. The van der Waals surface area contributed by atoms with E-state index in [4.69, 9.17) is 18.9 Å². The molecule has 13 heteroatoms. The Morgan fingerprint density at radius 3 is 2.49 bits per heavy atom. The Kier molecular flexibility index (Phi) is 9.49. The third-order valence-electron chi connectivity index (χ3n) is 7.05. The Morgan fingerprint density at radius 1 is 1.09 bits per heavy atom. The molecule has 1 aliphatic rings. The lowest BCUT2D eigenvalue weighted by atomic mass is 9.95. The van der Waals surface area contributed by atoms with Gasteiger partial charge in [0.05, 0.1) is 46.0 Å². The Bertz CT molecular complexity index is 2000. The van der Waals surface area contributed by atoms with E-state index in [2.05, 4.69) is 20.9 Å². The van der Waals surface area contributed by atoms with Crippen molar-refractivity contribution < 1.29 is 28.7 Å². The first-order valence-corrected chi connectivity index (χ1v) is 15.3. The zero-order valence-electron chi connectivity index (χ0n) is 24.7. The normalized spacial score (nSPS) is 14.4. The minimum absolute atomic E-state index is 0.0105. The molecule has 5 rings (SSSR count). The highest BCUT2D eigenvalue weighted by Crippen LogP contribution is 2.37. The molecule has 232 valence electrons. The Balaban J connectivity index is 1.52. The molecule has 0 radical (unpaired) electrons. The van der Waals surface area contributed by atoms with Gasteiger partial charge in [0.1, 0.15) is 29.9 Å². The Hall–Kier alpha value is -4.75. The highest BCUT2D eigenvalue weighted by atomic mass is 79.9. The minimum atomic E-state index is -0.842. The second-order valence-electron chi connectivity index (χ2n) is 9.81. The molecule has 11 nitrogen and oxygen atoms in total. The number of hydrogen-bond acceptors (Lipinski definition) is 10. The van der Waals surface area contributed by atoms with Crippen molar-refractivity contribution in [1.82, 2.24) is 4.57 Å². The number of rotatable bonds is 10. The van der Waals surface area contributed by atoms with Gasteiger partial charge in [0.2, 0.25) is 0 Å². The van der Waals surface area contributed by atoms with Crippen LogP contribution in [0.15, 0.2) is 86.2 Å². The number of nitro benzene ring substituents is 1. The lowest BCUT2D eigenvalue weighted by molar-refractivity contribution is -0.384. The Morgan fingerprint density at radius 2 is 1.84 bits per heavy atom. The number of allylic oxidation sites excluding steroid dienone is 1. The van der Waals surface area contributed by atoms with Crippen molar-refractivity contribution in [2.24, 2.45) is 4.99 Å². The molecule has 1 aliphatic heterocycles. The molecule has 0 saturated carbocycles. The average molecular weight is 695 g/mol. The fourth-order valence-corrected chi connectivity index (χ4v) is 6.44. The number of aromatic nitrogens is 1. The molecule has 45 heavy (non-hydrogen) atoms. The number of fused-ring (bicyclic) bond motifs is 1. The summed E-state index contributed by atoms with van der Waals surface area (Å²) in [5.74, 6) is 1.00. The number of carbonyl (C=O) groups excluding carboxylic acids is 1. The van der Waals surface area contributed by atoms with Crippen LogP contribution >= 0.6 is 27.3 Å². The van der Waals surface area contributed by atoms with Gasteiger partial charge in [-0.2, -0.15) is 0 Å². The fourth-order valence-electron chi connectivity index (χ4n) is 4.88. The van der Waals surface area contributed by atoms with Crippen molar-refractivity contribution in [3.05, 3.63) is 123 Å². The summed E-state index contributed by atoms with van der Waals surface area (Å²) in [7, 11) is 3.06. The van der Waals surface area contributed by atoms with Crippen LogP contribution in [-0.4, -0.2) is 36.3 Å². The quantitative estimate of drug-likeness (QED) is 0.128. The molecular formula is C32H28BrN3O8S. The van der Waals surface area contributed by atoms with Gasteiger partial charge in [-0.25, -0.2) is 9.79 Å². The molecule has 0 saturated heterocycles. The van der Waals surface area contributed by atoms with E-state index in [1.807, 2.05) is 12.1 Å². The van der Waals surface area contributed by atoms with Crippen LogP contribution in [0.2, 0.25) is 0 Å². The fraction of sp³-hybridized carbons (Fsp3) is 0.219. The molecular weight excluding hydrogens is 666 g/mol. The molecule has 0 aliphatic carbocycles. The van der Waals surface area contributed by atoms with E-state index < -0.39 is 16.9 Å². The summed E-state index contributed by atoms with van der Waals surface area (Å²) in [4.78, 5) is 42.7. The number of ether oxygens (including phenoxy) is 4. The number of non-ortho nitro benzene ring substituents is 1. The van der Waals surface area contributed by atoms with Gasteiger partial charge in [-0.3, -0.25) is 19.5 Å². The molecule has 0 unspecified atom stereocenters. The van der Waals surface area contributed by atoms with Gasteiger partial charge in [0, 0.05) is 23.8 Å². The molecule has 1 atom stereocenters. The number of hydrogen-bond donors (Lipinski definition) is 0. The van der Waals surface area contributed by atoms with E-state index in [0.29, 0.717) is 42.3 Å². The molecule has 4 aromatic rings. The van der Waals surface area contributed by atoms with Gasteiger partial charge in [-0.15, -0.1) is 0 Å². The van der Waals surface area contributed by atoms with E-state index in [1.54, 1.807) is 63.4 Å². The molecule has 3 aromatic carbocycles. The summed E-state index contributed by atoms with van der Waals surface area (Å²) < 4.78 is 24.9. The molecule has 0 amide bonds. The summed E-state index contributed by atoms with van der Waals surface area (Å²) in [5, 5.41) is 10.9. The number of halogens is 1. The summed E-state index contributed by atoms with van der Waals surface area (Å²) in [5.41, 5.74) is 2.47. The zero-order chi connectivity index (χ0) is 32.2.